The summed E-state index contributed by atoms with van der Waals surface area (Å²) in [6, 6.07) is 9.99. The SMILES string of the molecule is CCCCCC1CCC(CC/C=C/c2ccc(C#N)cc2)CC1. The summed E-state index contributed by atoms with van der Waals surface area (Å²) >= 11 is 0. The molecule has 0 heterocycles. The third-order valence-electron chi connectivity index (χ3n) is 5.27. The molecular weight excluding hydrogens is 278 g/mol. The molecule has 2 rings (SSSR count). The fraction of sp³-hybridized carbons (Fsp3) is 0.591. The Morgan fingerprint density at radius 3 is 2.26 bits per heavy atom. The lowest BCUT2D eigenvalue weighted by molar-refractivity contribution is 0.250. The van der Waals surface area contributed by atoms with Crippen molar-refractivity contribution in [2.45, 2.75) is 71.1 Å². The van der Waals surface area contributed by atoms with Crippen LogP contribution >= 0.6 is 0 Å². The van der Waals surface area contributed by atoms with Gasteiger partial charge in [0, 0.05) is 0 Å². The Kier molecular flexibility index (Phi) is 7.95. The molecule has 0 aromatic heterocycles. The first-order valence-electron chi connectivity index (χ1n) is 9.48. The van der Waals surface area contributed by atoms with E-state index in [0.717, 1.165) is 17.4 Å². The first-order chi connectivity index (χ1) is 11.3. The molecule has 1 aromatic carbocycles. The van der Waals surface area contributed by atoms with E-state index in [0.29, 0.717) is 0 Å². The Balaban J connectivity index is 1.61. The molecule has 124 valence electrons. The van der Waals surface area contributed by atoms with Gasteiger partial charge in [0.15, 0.2) is 0 Å². The lowest BCUT2D eigenvalue weighted by Crippen LogP contribution is -2.14. The van der Waals surface area contributed by atoms with E-state index in [1.54, 1.807) is 0 Å². The number of allylic oxidation sites excluding steroid dienone is 1. The maximum Gasteiger partial charge on any atom is 0.0991 e. The average molecular weight is 309 g/mol. The second kappa shape index (κ2) is 10.3. The van der Waals surface area contributed by atoms with Gasteiger partial charge in [-0.2, -0.15) is 5.26 Å². The van der Waals surface area contributed by atoms with E-state index in [9.17, 15) is 0 Å². The molecule has 1 heteroatoms. The van der Waals surface area contributed by atoms with Crippen LogP contribution in [0.2, 0.25) is 0 Å². The van der Waals surface area contributed by atoms with E-state index in [4.69, 9.17) is 5.26 Å². The van der Waals surface area contributed by atoms with Crippen molar-refractivity contribution in [2.24, 2.45) is 11.8 Å². The molecule has 1 saturated carbocycles. The van der Waals surface area contributed by atoms with Crippen LogP contribution in [-0.4, -0.2) is 0 Å². The smallest absolute Gasteiger partial charge is 0.0991 e. The number of benzene rings is 1. The van der Waals surface area contributed by atoms with Crippen LogP contribution in [0.3, 0.4) is 0 Å². The summed E-state index contributed by atoms with van der Waals surface area (Å²) in [5.41, 5.74) is 1.93. The zero-order chi connectivity index (χ0) is 16.3. The van der Waals surface area contributed by atoms with Crippen LogP contribution in [0, 0.1) is 23.2 Å². The molecule has 0 N–H and O–H groups in total. The van der Waals surface area contributed by atoms with Gasteiger partial charge in [0.1, 0.15) is 0 Å². The van der Waals surface area contributed by atoms with Crippen LogP contribution in [0.1, 0.15) is 82.3 Å². The molecule has 23 heavy (non-hydrogen) atoms. The van der Waals surface area contributed by atoms with E-state index in [1.807, 2.05) is 24.3 Å². The summed E-state index contributed by atoms with van der Waals surface area (Å²) in [6.45, 7) is 2.29. The van der Waals surface area contributed by atoms with E-state index in [-0.39, 0.29) is 0 Å². The standard InChI is InChI=1S/C22H31N/c1-2-3-4-7-19-10-12-20(13-11-19)8-5-6-9-21-14-16-22(18-23)17-15-21/h6,9,14-17,19-20H,2-5,7-8,10-13H2,1H3/b9-6+. The van der Waals surface area contributed by atoms with Crippen molar-refractivity contribution in [2.75, 3.05) is 0 Å². The van der Waals surface area contributed by atoms with E-state index < -0.39 is 0 Å². The van der Waals surface area contributed by atoms with Gasteiger partial charge in [-0.1, -0.05) is 82.6 Å². The molecule has 0 unspecified atom stereocenters. The quantitative estimate of drug-likeness (QED) is 0.488. The molecule has 0 spiro atoms. The van der Waals surface area contributed by atoms with Crippen LogP contribution in [0.25, 0.3) is 6.08 Å². The highest BCUT2D eigenvalue weighted by Gasteiger charge is 2.19. The van der Waals surface area contributed by atoms with E-state index >= 15 is 0 Å². The van der Waals surface area contributed by atoms with Gasteiger partial charge in [-0.25, -0.2) is 0 Å². The highest BCUT2D eigenvalue weighted by atomic mass is 14.3. The molecule has 1 fully saturated rings. The summed E-state index contributed by atoms with van der Waals surface area (Å²) in [5, 5.41) is 8.80. The maximum atomic E-state index is 8.80. The summed E-state index contributed by atoms with van der Waals surface area (Å²) in [6.07, 6.45) is 18.5. The first kappa shape index (κ1) is 17.8. The first-order valence-corrected chi connectivity index (χ1v) is 9.48. The molecule has 0 saturated heterocycles. The van der Waals surface area contributed by atoms with Crippen molar-refractivity contribution in [3.05, 3.63) is 41.5 Å². The zero-order valence-corrected chi connectivity index (χ0v) is 14.6. The maximum absolute atomic E-state index is 8.80. The van der Waals surface area contributed by atoms with Gasteiger partial charge >= 0.3 is 0 Å². The summed E-state index contributed by atoms with van der Waals surface area (Å²) < 4.78 is 0. The lowest BCUT2D eigenvalue weighted by Gasteiger charge is -2.28. The summed E-state index contributed by atoms with van der Waals surface area (Å²) in [7, 11) is 0. The van der Waals surface area contributed by atoms with E-state index in [2.05, 4.69) is 25.1 Å². The molecule has 1 aromatic rings. The van der Waals surface area contributed by atoms with Crippen LogP contribution in [0.15, 0.2) is 30.3 Å². The fourth-order valence-corrected chi connectivity index (χ4v) is 3.71. The predicted octanol–water partition coefficient (Wildman–Crippen LogP) is 6.74. The van der Waals surface area contributed by atoms with Crippen LogP contribution in [-0.2, 0) is 0 Å². The minimum atomic E-state index is 0.734. The normalized spacial score (nSPS) is 21.4. The highest BCUT2D eigenvalue weighted by molar-refractivity contribution is 5.50. The molecule has 0 atom stereocenters. The van der Waals surface area contributed by atoms with Crippen LogP contribution in [0.4, 0.5) is 0 Å². The van der Waals surface area contributed by atoms with Gasteiger partial charge in [0.25, 0.3) is 0 Å². The average Bonchev–Trinajstić information content (AvgIpc) is 2.61. The number of hydrogen-bond donors (Lipinski definition) is 0. The molecule has 0 bridgehead atoms. The Morgan fingerprint density at radius 2 is 1.65 bits per heavy atom. The van der Waals surface area contributed by atoms with Crippen molar-refractivity contribution in [3.8, 4) is 6.07 Å². The Morgan fingerprint density at radius 1 is 1.00 bits per heavy atom. The van der Waals surface area contributed by atoms with Crippen molar-refractivity contribution < 1.29 is 0 Å². The Hall–Kier alpha value is -1.55. The molecule has 1 aliphatic carbocycles. The molecule has 0 aliphatic heterocycles. The van der Waals surface area contributed by atoms with Gasteiger partial charge in [-0.3, -0.25) is 0 Å². The van der Waals surface area contributed by atoms with Crippen LogP contribution in [0.5, 0.6) is 0 Å². The highest BCUT2D eigenvalue weighted by Crippen LogP contribution is 2.34. The largest absolute Gasteiger partial charge is 0.192 e. The zero-order valence-electron chi connectivity index (χ0n) is 14.6. The predicted molar refractivity (Wildman–Crippen MR) is 99.0 cm³/mol. The topological polar surface area (TPSA) is 23.8 Å². The number of hydrogen-bond acceptors (Lipinski definition) is 1. The van der Waals surface area contributed by atoms with Crippen LogP contribution < -0.4 is 0 Å². The molecule has 0 amide bonds. The van der Waals surface area contributed by atoms with Gasteiger partial charge in [0.05, 0.1) is 11.6 Å². The Labute approximate surface area is 142 Å². The van der Waals surface area contributed by atoms with Crippen molar-refractivity contribution >= 4 is 6.08 Å². The lowest BCUT2D eigenvalue weighted by atomic mass is 9.78. The summed E-state index contributed by atoms with van der Waals surface area (Å²) in [4.78, 5) is 0. The number of unbranched alkanes of at least 4 members (excludes halogenated alkanes) is 2. The second-order valence-electron chi connectivity index (χ2n) is 7.10. The number of rotatable bonds is 8. The second-order valence-corrected chi connectivity index (χ2v) is 7.10. The molecule has 1 aliphatic rings. The van der Waals surface area contributed by atoms with Gasteiger partial charge in [-0.05, 0) is 42.4 Å². The molecular formula is C22H31N. The number of nitriles is 1. The van der Waals surface area contributed by atoms with Gasteiger partial charge in [-0.15, -0.1) is 0 Å². The van der Waals surface area contributed by atoms with Gasteiger partial charge in [0.2, 0.25) is 0 Å². The third-order valence-corrected chi connectivity index (χ3v) is 5.27. The van der Waals surface area contributed by atoms with Crippen molar-refractivity contribution in [3.63, 3.8) is 0 Å². The fourth-order valence-electron chi connectivity index (χ4n) is 3.71. The van der Waals surface area contributed by atoms with Crippen molar-refractivity contribution in [1.82, 2.24) is 0 Å². The van der Waals surface area contributed by atoms with E-state index in [1.165, 1.54) is 69.8 Å². The Bertz CT molecular complexity index is 498. The molecule has 1 nitrogen and oxygen atoms in total. The molecule has 0 radical (unpaired) electrons. The number of nitrogens with zero attached hydrogens (tertiary/aromatic N) is 1. The monoisotopic (exact) mass is 309 g/mol. The third kappa shape index (κ3) is 6.61. The minimum absolute atomic E-state index is 0.734. The van der Waals surface area contributed by atoms with Gasteiger partial charge < -0.3 is 0 Å². The minimum Gasteiger partial charge on any atom is -0.192 e. The van der Waals surface area contributed by atoms with Crippen molar-refractivity contribution in [1.29, 1.82) is 5.26 Å². The summed E-state index contributed by atoms with van der Waals surface area (Å²) in [5.74, 6) is 1.97.